The molecule has 0 N–H and O–H groups in total. The Labute approximate surface area is 272 Å². The molecule has 0 saturated heterocycles. The summed E-state index contributed by atoms with van der Waals surface area (Å²) >= 11 is 0. The third-order valence-electron chi connectivity index (χ3n) is 8.86. The second-order valence-corrected chi connectivity index (χ2v) is 11.8. The van der Waals surface area contributed by atoms with Gasteiger partial charge in [-0.2, -0.15) is 0 Å². The molecule has 222 valence electrons. The van der Waals surface area contributed by atoms with Crippen LogP contribution in [0, 0.1) is 0 Å². The molecule has 9 rings (SSSR count). The third-order valence-corrected chi connectivity index (χ3v) is 8.86. The summed E-state index contributed by atoms with van der Waals surface area (Å²) < 4.78 is 4.61. The van der Waals surface area contributed by atoms with Gasteiger partial charge in [-0.25, -0.2) is 4.98 Å². The van der Waals surface area contributed by atoms with Crippen LogP contribution in [0.1, 0.15) is 11.1 Å². The maximum atomic E-state index is 5.25. The van der Waals surface area contributed by atoms with Crippen LogP contribution >= 0.6 is 0 Å². The fourth-order valence-electron chi connectivity index (χ4n) is 6.74. The number of nitrogens with zero attached hydrogens (tertiary/aromatic N) is 5. The molecule has 47 heavy (non-hydrogen) atoms. The van der Waals surface area contributed by atoms with Crippen molar-refractivity contribution in [1.82, 2.24) is 23.9 Å². The third kappa shape index (κ3) is 4.68. The van der Waals surface area contributed by atoms with E-state index in [4.69, 9.17) is 9.97 Å². The Balaban J connectivity index is 1.27. The second kappa shape index (κ2) is 11.2. The number of pyridine rings is 2. The lowest BCUT2D eigenvalue weighted by atomic mass is 9.99. The van der Waals surface area contributed by atoms with Gasteiger partial charge >= 0.3 is 0 Å². The summed E-state index contributed by atoms with van der Waals surface area (Å²) in [5, 5.41) is 0. The van der Waals surface area contributed by atoms with Crippen molar-refractivity contribution in [2.75, 3.05) is 0 Å². The van der Waals surface area contributed by atoms with Crippen molar-refractivity contribution in [2.45, 2.75) is 6.42 Å². The lowest BCUT2D eigenvalue weighted by Crippen LogP contribution is -1.95. The average Bonchev–Trinajstić information content (AvgIpc) is 3.67. The van der Waals surface area contributed by atoms with E-state index in [1.807, 2.05) is 36.7 Å². The van der Waals surface area contributed by atoms with Crippen LogP contribution in [-0.4, -0.2) is 23.9 Å². The van der Waals surface area contributed by atoms with Crippen molar-refractivity contribution >= 4 is 27.8 Å². The number of fused-ring (bicyclic) bond motifs is 5. The highest BCUT2D eigenvalue weighted by Gasteiger charge is 2.21. The van der Waals surface area contributed by atoms with E-state index in [2.05, 4.69) is 141 Å². The predicted molar refractivity (Wildman–Crippen MR) is 191 cm³/mol. The molecule has 4 aromatic heterocycles. The minimum absolute atomic E-state index is 0.761. The van der Waals surface area contributed by atoms with E-state index >= 15 is 0 Å². The molecule has 0 bridgehead atoms. The first kappa shape index (κ1) is 27.0. The Hall–Kier alpha value is -6.33. The molecule has 0 fully saturated rings. The van der Waals surface area contributed by atoms with Crippen LogP contribution in [0.5, 0.6) is 0 Å². The van der Waals surface area contributed by atoms with Gasteiger partial charge in [-0.05, 0) is 77.7 Å². The number of rotatable bonds is 6. The lowest BCUT2D eigenvalue weighted by molar-refractivity contribution is 1.11. The van der Waals surface area contributed by atoms with E-state index in [9.17, 15) is 0 Å². The van der Waals surface area contributed by atoms with Crippen molar-refractivity contribution in [3.8, 4) is 39.3 Å². The summed E-state index contributed by atoms with van der Waals surface area (Å²) in [4.78, 5) is 14.6. The van der Waals surface area contributed by atoms with Crippen LogP contribution in [0.4, 0.5) is 0 Å². The molecule has 5 nitrogen and oxygen atoms in total. The zero-order chi connectivity index (χ0) is 31.2. The molecular weight excluding hydrogens is 574 g/mol. The summed E-state index contributed by atoms with van der Waals surface area (Å²) in [6.45, 7) is 0. The normalized spacial score (nSPS) is 11.5. The van der Waals surface area contributed by atoms with E-state index in [1.54, 1.807) is 0 Å². The molecule has 4 heterocycles. The molecular formula is C42H29N5. The fraction of sp³-hybridized carbons (Fsp3) is 0.0238. The fourth-order valence-corrected chi connectivity index (χ4v) is 6.74. The maximum Gasteiger partial charge on any atom is 0.220 e. The molecule has 0 amide bonds. The average molecular weight is 604 g/mol. The number of hydrogen-bond acceptors (Lipinski definition) is 3. The highest BCUT2D eigenvalue weighted by molar-refractivity contribution is 6.00. The Kier molecular flexibility index (Phi) is 6.46. The van der Waals surface area contributed by atoms with Gasteiger partial charge in [0.2, 0.25) is 5.78 Å². The molecule has 0 unspecified atom stereocenters. The van der Waals surface area contributed by atoms with Crippen LogP contribution < -0.4 is 0 Å². The lowest BCUT2D eigenvalue weighted by Gasteiger charge is -2.10. The standard InChI is InChI=1S/C42H29N5/c1-3-12-30(13-4-1)40-33(16-11-25-44-40)26-29-22-23-37-39(27-29)47-41-35(31-14-9-15-32(28-31)36-20-7-8-24-43-36)19-10-21-38(41)46(42(47)45-37)34-17-5-2-6-18-34/h1-25,27-28H,26H2. The van der Waals surface area contributed by atoms with Gasteiger partial charge in [0.15, 0.2) is 0 Å². The number of imidazole rings is 2. The maximum absolute atomic E-state index is 5.25. The summed E-state index contributed by atoms with van der Waals surface area (Å²) in [5.41, 5.74) is 14.2. The van der Waals surface area contributed by atoms with E-state index < -0.39 is 0 Å². The van der Waals surface area contributed by atoms with E-state index in [1.165, 1.54) is 11.1 Å². The second-order valence-electron chi connectivity index (χ2n) is 11.8. The first-order chi connectivity index (χ1) is 23.3. The van der Waals surface area contributed by atoms with Gasteiger partial charge in [0.05, 0.1) is 33.5 Å². The minimum atomic E-state index is 0.761. The minimum Gasteiger partial charge on any atom is -0.278 e. The highest BCUT2D eigenvalue weighted by atomic mass is 15.2. The van der Waals surface area contributed by atoms with Crippen LogP contribution in [0.25, 0.3) is 67.2 Å². The van der Waals surface area contributed by atoms with Gasteiger partial charge in [-0.1, -0.05) is 97.1 Å². The van der Waals surface area contributed by atoms with Crippen LogP contribution in [-0.2, 0) is 6.42 Å². The van der Waals surface area contributed by atoms with E-state index in [0.717, 1.165) is 73.6 Å². The van der Waals surface area contributed by atoms with E-state index in [-0.39, 0.29) is 0 Å². The van der Waals surface area contributed by atoms with Crippen molar-refractivity contribution in [3.05, 3.63) is 175 Å². The van der Waals surface area contributed by atoms with Gasteiger partial charge in [0.25, 0.3) is 0 Å². The molecule has 0 spiro atoms. The summed E-state index contributed by atoms with van der Waals surface area (Å²) in [5.74, 6) is 0.887. The van der Waals surface area contributed by atoms with Crippen molar-refractivity contribution in [2.24, 2.45) is 0 Å². The number of benzene rings is 5. The topological polar surface area (TPSA) is 48.0 Å². The smallest absolute Gasteiger partial charge is 0.220 e. The largest absolute Gasteiger partial charge is 0.278 e. The highest BCUT2D eigenvalue weighted by Crippen LogP contribution is 2.37. The molecule has 0 aliphatic heterocycles. The summed E-state index contributed by atoms with van der Waals surface area (Å²) in [6, 6.07) is 53.0. The Morgan fingerprint density at radius 2 is 1.30 bits per heavy atom. The first-order valence-electron chi connectivity index (χ1n) is 15.8. The Morgan fingerprint density at radius 1 is 0.532 bits per heavy atom. The van der Waals surface area contributed by atoms with Gasteiger partial charge in [0.1, 0.15) is 0 Å². The Morgan fingerprint density at radius 3 is 2.15 bits per heavy atom. The molecule has 5 heteroatoms. The zero-order valence-electron chi connectivity index (χ0n) is 25.5. The molecule has 0 atom stereocenters. The molecule has 9 aromatic rings. The van der Waals surface area contributed by atoms with Crippen LogP contribution in [0.2, 0.25) is 0 Å². The van der Waals surface area contributed by atoms with Gasteiger partial charge in [0, 0.05) is 34.8 Å². The van der Waals surface area contributed by atoms with Crippen LogP contribution in [0.3, 0.4) is 0 Å². The van der Waals surface area contributed by atoms with E-state index in [0.29, 0.717) is 0 Å². The monoisotopic (exact) mass is 603 g/mol. The summed E-state index contributed by atoms with van der Waals surface area (Å²) in [6.07, 6.45) is 4.48. The Bertz CT molecular complexity index is 2530. The molecule has 5 aromatic carbocycles. The number of aromatic nitrogens is 5. The molecule has 0 radical (unpaired) electrons. The first-order valence-corrected chi connectivity index (χ1v) is 15.8. The molecule has 0 aliphatic rings. The predicted octanol–water partition coefficient (Wildman–Crippen LogP) is 9.81. The van der Waals surface area contributed by atoms with Gasteiger partial charge in [-0.15, -0.1) is 0 Å². The van der Waals surface area contributed by atoms with Crippen molar-refractivity contribution < 1.29 is 0 Å². The zero-order valence-corrected chi connectivity index (χ0v) is 25.5. The van der Waals surface area contributed by atoms with Gasteiger partial charge in [-0.3, -0.25) is 18.9 Å². The SMILES string of the molecule is c1ccc(-c2ncccc2Cc2ccc3nc4n(-c5ccccc5)c5cccc(-c6cccc(-c7ccccn7)c6)c5n4c3c2)cc1. The van der Waals surface area contributed by atoms with Crippen molar-refractivity contribution in [3.63, 3.8) is 0 Å². The number of para-hydroxylation sites is 2. The van der Waals surface area contributed by atoms with Crippen LogP contribution in [0.15, 0.2) is 164 Å². The summed E-state index contributed by atoms with van der Waals surface area (Å²) in [7, 11) is 0. The van der Waals surface area contributed by atoms with Gasteiger partial charge < -0.3 is 0 Å². The molecule has 0 aliphatic carbocycles. The molecule has 0 saturated carbocycles. The quantitative estimate of drug-likeness (QED) is 0.190. The van der Waals surface area contributed by atoms with Crippen molar-refractivity contribution in [1.29, 1.82) is 0 Å². The number of hydrogen-bond donors (Lipinski definition) is 0.